The van der Waals surface area contributed by atoms with Crippen LogP contribution in [0.2, 0.25) is 0 Å². The molecule has 0 bridgehead atoms. The average molecular weight is 149 g/mol. The van der Waals surface area contributed by atoms with Crippen LogP contribution in [-0.4, -0.2) is 5.11 Å². The zero-order valence-corrected chi connectivity index (χ0v) is 6.75. The summed E-state index contributed by atoms with van der Waals surface area (Å²) < 4.78 is 0. The topological polar surface area (TPSA) is 20.2 Å². The fourth-order valence-corrected chi connectivity index (χ4v) is 1.18. The normalized spacial score (nSPS) is 13.0. The van der Waals surface area contributed by atoms with E-state index in [-0.39, 0.29) is 0 Å². The van der Waals surface area contributed by atoms with Gasteiger partial charge < -0.3 is 5.11 Å². The number of hydrogen-bond donors (Lipinski definition) is 1. The Bertz CT molecular complexity index is 228. The molecule has 0 heterocycles. The summed E-state index contributed by atoms with van der Waals surface area (Å²) in [7, 11) is 0. The lowest BCUT2D eigenvalue weighted by Gasteiger charge is -2.08. The first kappa shape index (κ1) is 8.28. The van der Waals surface area contributed by atoms with Crippen molar-refractivity contribution < 1.29 is 5.11 Å². The summed E-state index contributed by atoms with van der Waals surface area (Å²) in [6.07, 6.45) is 0.356. The fourth-order valence-electron chi connectivity index (χ4n) is 1.18. The Labute approximate surface area is 67.7 Å². The Morgan fingerprint density at radius 1 is 1.45 bits per heavy atom. The van der Waals surface area contributed by atoms with Crippen LogP contribution in [-0.2, 0) is 6.42 Å². The van der Waals surface area contributed by atoms with E-state index in [2.05, 4.69) is 13.8 Å². The molecular weight excluding hydrogens is 136 g/mol. The molecule has 1 N–H and O–H groups in total. The molecular formula is C10H13O. The molecule has 0 saturated carbocycles. The van der Waals surface area contributed by atoms with Gasteiger partial charge >= 0.3 is 0 Å². The molecule has 0 fully saturated rings. The highest BCUT2D eigenvalue weighted by Crippen LogP contribution is 2.16. The van der Waals surface area contributed by atoms with Gasteiger partial charge in [0.1, 0.15) is 0 Å². The van der Waals surface area contributed by atoms with Gasteiger partial charge in [0.05, 0.1) is 6.10 Å². The van der Waals surface area contributed by atoms with Crippen molar-refractivity contribution in [3.8, 4) is 0 Å². The third-order valence-corrected chi connectivity index (χ3v) is 1.79. The third kappa shape index (κ3) is 1.81. The van der Waals surface area contributed by atoms with E-state index in [1.165, 1.54) is 5.56 Å². The molecule has 1 aromatic rings. The molecule has 1 radical (unpaired) electrons. The monoisotopic (exact) mass is 149 g/mol. The smallest absolute Gasteiger partial charge is 0.0793 e. The second-order valence-electron chi connectivity index (χ2n) is 2.57. The van der Waals surface area contributed by atoms with Gasteiger partial charge in [-0.25, -0.2) is 0 Å². The minimum atomic E-state index is -0.592. The van der Waals surface area contributed by atoms with Crippen molar-refractivity contribution >= 4 is 0 Å². The largest absolute Gasteiger partial charge is 0.388 e. The molecule has 11 heavy (non-hydrogen) atoms. The highest BCUT2D eigenvalue weighted by atomic mass is 16.3. The standard InChI is InChI=1S/C10H13O/c1-3-9-6-4-5-7-10(9)8(2)11/h4-8,11H,2-3H2,1H3. The highest BCUT2D eigenvalue weighted by Gasteiger charge is 2.03. The van der Waals surface area contributed by atoms with Crippen LogP contribution < -0.4 is 0 Å². The summed E-state index contributed by atoms with van der Waals surface area (Å²) in [5, 5.41) is 9.22. The lowest BCUT2D eigenvalue weighted by atomic mass is 10.0. The minimum absolute atomic E-state index is 0.592. The minimum Gasteiger partial charge on any atom is -0.388 e. The lowest BCUT2D eigenvalue weighted by Crippen LogP contribution is -1.96. The summed E-state index contributed by atoms with van der Waals surface area (Å²) >= 11 is 0. The highest BCUT2D eigenvalue weighted by molar-refractivity contribution is 5.29. The first-order chi connectivity index (χ1) is 5.25. The SMILES string of the molecule is [CH2]C(O)c1ccccc1CC. The Morgan fingerprint density at radius 2 is 2.09 bits per heavy atom. The molecule has 0 spiro atoms. The van der Waals surface area contributed by atoms with Crippen molar-refractivity contribution in [3.05, 3.63) is 42.3 Å². The van der Waals surface area contributed by atoms with Crippen molar-refractivity contribution in [2.45, 2.75) is 19.4 Å². The second-order valence-corrected chi connectivity index (χ2v) is 2.57. The van der Waals surface area contributed by atoms with Crippen molar-refractivity contribution in [2.24, 2.45) is 0 Å². The predicted octanol–water partition coefficient (Wildman–Crippen LogP) is 2.12. The van der Waals surface area contributed by atoms with E-state index in [0.29, 0.717) is 0 Å². The predicted molar refractivity (Wildman–Crippen MR) is 46.1 cm³/mol. The molecule has 0 aromatic heterocycles. The van der Waals surface area contributed by atoms with Crippen LogP contribution in [0.3, 0.4) is 0 Å². The zero-order chi connectivity index (χ0) is 8.27. The number of aryl methyl sites for hydroxylation is 1. The van der Waals surface area contributed by atoms with Gasteiger partial charge in [-0.05, 0) is 24.5 Å². The summed E-state index contributed by atoms with van der Waals surface area (Å²) in [5.74, 6) is 0. The fraction of sp³-hybridized carbons (Fsp3) is 0.300. The van der Waals surface area contributed by atoms with Crippen molar-refractivity contribution in [2.75, 3.05) is 0 Å². The molecule has 0 aliphatic rings. The first-order valence-electron chi connectivity index (χ1n) is 3.84. The molecule has 59 valence electrons. The molecule has 1 rings (SSSR count). The van der Waals surface area contributed by atoms with E-state index in [1.807, 2.05) is 24.3 Å². The maximum atomic E-state index is 9.22. The van der Waals surface area contributed by atoms with Crippen molar-refractivity contribution in [3.63, 3.8) is 0 Å². The van der Waals surface area contributed by atoms with Crippen molar-refractivity contribution in [1.82, 2.24) is 0 Å². The number of aliphatic hydroxyl groups excluding tert-OH is 1. The van der Waals surface area contributed by atoms with E-state index in [0.717, 1.165) is 12.0 Å². The van der Waals surface area contributed by atoms with Gasteiger partial charge in [0.2, 0.25) is 0 Å². The zero-order valence-electron chi connectivity index (χ0n) is 6.75. The van der Waals surface area contributed by atoms with E-state index in [9.17, 15) is 5.11 Å². The molecule has 1 heteroatoms. The van der Waals surface area contributed by atoms with E-state index in [4.69, 9.17) is 0 Å². The summed E-state index contributed by atoms with van der Waals surface area (Å²) in [6, 6.07) is 7.83. The summed E-state index contributed by atoms with van der Waals surface area (Å²) in [6.45, 7) is 5.64. The van der Waals surface area contributed by atoms with Crippen molar-refractivity contribution in [1.29, 1.82) is 0 Å². The Kier molecular flexibility index (Phi) is 2.66. The number of rotatable bonds is 2. The average Bonchev–Trinajstić information content (AvgIpc) is 2.04. The molecule has 1 nitrogen and oxygen atoms in total. The quantitative estimate of drug-likeness (QED) is 0.682. The van der Waals surface area contributed by atoms with Gasteiger partial charge in [0, 0.05) is 0 Å². The Morgan fingerprint density at radius 3 is 2.55 bits per heavy atom. The van der Waals surface area contributed by atoms with E-state index < -0.39 is 6.10 Å². The van der Waals surface area contributed by atoms with Crippen LogP contribution in [0.15, 0.2) is 24.3 Å². The van der Waals surface area contributed by atoms with Crippen LogP contribution in [0.1, 0.15) is 24.2 Å². The first-order valence-corrected chi connectivity index (χ1v) is 3.84. The van der Waals surface area contributed by atoms with Crippen LogP contribution in [0.4, 0.5) is 0 Å². The maximum Gasteiger partial charge on any atom is 0.0793 e. The molecule has 0 saturated heterocycles. The number of hydrogen-bond acceptors (Lipinski definition) is 1. The molecule has 1 unspecified atom stereocenters. The van der Waals surface area contributed by atoms with Gasteiger partial charge in [0.25, 0.3) is 0 Å². The second kappa shape index (κ2) is 3.54. The molecule has 0 amide bonds. The third-order valence-electron chi connectivity index (χ3n) is 1.79. The van der Waals surface area contributed by atoms with Gasteiger partial charge in [-0.3, -0.25) is 0 Å². The van der Waals surface area contributed by atoms with Gasteiger partial charge in [-0.2, -0.15) is 0 Å². The number of aliphatic hydroxyl groups is 1. The summed E-state index contributed by atoms with van der Waals surface area (Å²) in [4.78, 5) is 0. The van der Waals surface area contributed by atoms with Gasteiger partial charge in [-0.1, -0.05) is 31.2 Å². The van der Waals surface area contributed by atoms with E-state index in [1.54, 1.807) is 0 Å². The molecule has 0 aliphatic carbocycles. The van der Waals surface area contributed by atoms with E-state index >= 15 is 0 Å². The Hall–Kier alpha value is -0.820. The molecule has 1 aromatic carbocycles. The van der Waals surface area contributed by atoms with Gasteiger partial charge in [0.15, 0.2) is 0 Å². The van der Waals surface area contributed by atoms with Gasteiger partial charge in [-0.15, -0.1) is 0 Å². The number of benzene rings is 1. The Balaban J connectivity index is 3.02. The maximum absolute atomic E-state index is 9.22. The molecule has 0 aliphatic heterocycles. The summed E-state index contributed by atoms with van der Waals surface area (Å²) in [5.41, 5.74) is 2.12. The van der Waals surface area contributed by atoms with Crippen LogP contribution >= 0.6 is 0 Å². The lowest BCUT2D eigenvalue weighted by molar-refractivity contribution is 0.225. The molecule has 1 atom stereocenters. The van der Waals surface area contributed by atoms with Crippen LogP contribution in [0.5, 0.6) is 0 Å². The van der Waals surface area contributed by atoms with Crippen LogP contribution in [0, 0.1) is 6.92 Å². The van der Waals surface area contributed by atoms with Crippen LogP contribution in [0.25, 0.3) is 0 Å².